The van der Waals surface area contributed by atoms with E-state index in [1.165, 1.54) is 12.4 Å². The number of aromatic nitrogens is 1. The number of pyridine rings is 1. The normalized spacial score (nSPS) is 12.9. The first-order valence-electron chi connectivity index (χ1n) is 3.79. The van der Waals surface area contributed by atoms with Crippen molar-refractivity contribution in [3.05, 3.63) is 28.0 Å². The molecule has 0 N–H and O–H groups in total. The zero-order valence-corrected chi connectivity index (χ0v) is 9.40. The van der Waals surface area contributed by atoms with Gasteiger partial charge in [-0.2, -0.15) is 0 Å². The zero-order valence-electron chi connectivity index (χ0n) is 7.00. The summed E-state index contributed by atoms with van der Waals surface area (Å²) in [7, 11) is 0. The predicted molar refractivity (Wildman–Crippen MR) is 57.4 cm³/mol. The van der Waals surface area contributed by atoms with Crippen LogP contribution < -0.4 is 0 Å². The van der Waals surface area contributed by atoms with E-state index >= 15 is 0 Å². The third-order valence-electron chi connectivity index (χ3n) is 1.71. The summed E-state index contributed by atoms with van der Waals surface area (Å²) in [5, 5.41) is 1.02. The summed E-state index contributed by atoms with van der Waals surface area (Å²) in [5.41, 5.74) is 0.746. The van der Waals surface area contributed by atoms with Crippen molar-refractivity contribution < 1.29 is 4.18 Å². The van der Waals surface area contributed by atoms with E-state index in [2.05, 4.69) is 17.9 Å². The Hall–Kier alpha value is 0.0400. The molecule has 0 saturated carbocycles. The van der Waals surface area contributed by atoms with E-state index in [-0.39, 0.29) is 6.10 Å². The highest BCUT2D eigenvalue weighted by Gasteiger charge is 2.16. The smallest absolute Gasteiger partial charge is 0.0996 e. The molecule has 0 amide bonds. The van der Waals surface area contributed by atoms with Crippen molar-refractivity contribution in [3.63, 3.8) is 0 Å². The second kappa shape index (κ2) is 5.05. The van der Waals surface area contributed by atoms with E-state index in [1.54, 1.807) is 0 Å². The van der Waals surface area contributed by atoms with Gasteiger partial charge in [-0.25, -0.2) is 0 Å². The molecule has 0 bridgehead atoms. The summed E-state index contributed by atoms with van der Waals surface area (Å²) in [6.07, 6.45) is 3.65. The molecule has 0 spiro atoms. The molecule has 1 unspecified atom stereocenters. The Labute approximate surface area is 92.8 Å². The Balaban J connectivity index is 3.10. The van der Waals surface area contributed by atoms with Crippen LogP contribution in [-0.2, 0) is 4.18 Å². The predicted octanol–water partition coefficient (Wildman–Crippen LogP) is 3.70. The van der Waals surface area contributed by atoms with E-state index in [1.807, 2.05) is 6.92 Å². The van der Waals surface area contributed by atoms with Crippen LogP contribution in [0.2, 0.25) is 10.0 Å². The van der Waals surface area contributed by atoms with Crippen LogP contribution in [-0.4, -0.2) is 4.98 Å². The van der Waals surface area contributed by atoms with Crippen LogP contribution in [0, 0.1) is 0 Å². The molecule has 0 aliphatic rings. The first-order chi connectivity index (χ1) is 6.20. The molecule has 1 aromatic rings. The number of halogens is 2. The molecule has 1 heterocycles. The van der Waals surface area contributed by atoms with Crippen molar-refractivity contribution in [2.45, 2.75) is 19.4 Å². The highest BCUT2D eigenvalue weighted by molar-refractivity contribution is 7.75. The first kappa shape index (κ1) is 11.1. The van der Waals surface area contributed by atoms with Crippen molar-refractivity contribution in [1.82, 2.24) is 4.98 Å². The maximum absolute atomic E-state index is 5.92. The number of hydrogen-bond donors (Lipinski definition) is 1. The molecule has 2 nitrogen and oxygen atoms in total. The summed E-state index contributed by atoms with van der Waals surface area (Å²) >= 11 is 15.6. The average Bonchev–Trinajstić information content (AvgIpc) is 2.11. The fraction of sp³-hybridized carbons (Fsp3) is 0.375. The summed E-state index contributed by atoms with van der Waals surface area (Å²) in [6.45, 7) is 1.97. The lowest BCUT2D eigenvalue weighted by molar-refractivity contribution is 0.248. The third kappa shape index (κ3) is 2.50. The van der Waals surface area contributed by atoms with Gasteiger partial charge >= 0.3 is 0 Å². The van der Waals surface area contributed by atoms with Crippen molar-refractivity contribution >= 4 is 36.1 Å². The van der Waals surface area contributed by atoms with Gasteiger partial charge in [0.2, 0.25) is 0 Å². The minimum atomic E-state index is -0.189. The van der Waals surface area contributed by atoms with E-state index in [0.717, 1.165) is 12.0 Å². The Morgan fingerprint density at radius 3 is 2.38 bits per heavy atom. The molecule has 0 aromatic carbocycles. The summed E-state index contributed by atoms with van der Waals surface area (Å²) in [5.74, 6) is 0. The number of rotatable bonds is 3. The second-order valence-electron chi connectivity index (χ2n) is 2.52. The molecule has 5 heteroatoms. The second-order valence-corrected chi connectivity index (χ2v) is 3.54. The lowest BCUT2D eigenvalue weighted by Gasteiger charge is -2.14. The van der Waals surface area contributed by atoms with Gasteiger partial charge in [-0.3, -0.25) is 4.98 Å². The molecule has 0 radical (unpaired) electrons. The Bertz CT molecular complexity index is 271. The SMILES string of the molecule is CCC(OS)c1c(Cl)cncc1Cl. The minimum absolute atomic E-state index is 0.189. The van der Waals surface area contributed by atoms with Crippen molar-refractivity contribution in [3.8, 4) is 0 Å². The molecule has 0 saturated heterocycles. The van der Waals surface area contributed by atoms with Gasteiger partial charge in [-0.05, 0) is 19.3 Å². The van der Waals surface area contributed by atoms with E-state index < -0.39 is 0 Å². The van der Waals surface area contributed by atoms with Crippen LogP contribution in [0.1, 0.15) is 25.0 Å². The fourth-order valence-electron chi connectivity index (χ4n) is 1.06. The van der Waals surface area contributed by atoms with Gasteiger partial charge in [0.25, 0.3) is 0 Å². The van der Waals surface area contributed by atoms with Crippen LogP contribution in [0.4, 0.5) is 0 Å². The molecule has 72 valence electrons. The fourth-order valence-corrected chi connectivity index (χ4v) is 1.92. The molecule has 1 rings (SSSR count). The first-order valence-corrected chi connectivity index (χ1v) is 4.92. The highest BCUT2D eigenvalue weighted by Crippen LogP contribution is 2.33. The number of hydrogen-bond acceptors (Lipinski definition) is 3. The standard InChI is InChI=1S/C8H9Cl2NOS/c1-2-7(12-13)8-5(9)3-11-4-6(8)10/h3-4,7,13H,2H2,1H3. The largest absolute Gasteiger partial charge is 0.310 e. The Morgan fingerprint density at radius 1 is 1.46 bits per heavy atom. The number of thiol groups is 1. The van der Waals surface area contributed by atoms with Crippen molar-refractivity contribution in [2.24, 2.45) is 0 Å². The summed E-state index contributed by atoms with van der Waals surface area (Å²) in [6, 6.07) is 0. The van der Waals surface area contributed by atoms with Gasteiger partial charge in [0.05, 0.1) is 16.1 Å². The average molecular weight is 238 g/mol. The Morgan fingerprint density at radius 2 is 2.00 bits per heavy atom. The maximum Gasteiger partial charge on any atom is 0.0996 e. The quantitative estimate of drug-likeness (QED) is 0.640. The molecule has 0 fully saturated rings. The molecule has 0 aliphatic carbocycles. The van der Waals surface area contributed by atoms with Gasteiger partial charge in [-0.15, -0.1) is 0 Å². The third-order valence-corrected chi connectivity index (χ3v) is 2.57. The molecule has 0 aliphatic heterocycles. The van der Waals surface area contributed by atoms with Crippen LogP contribution in [0.25, 0.3) is 0 Å². The lowest BCUT2D eigenvalue weighted by atomic mass is 10.1. The molecular formula is C8H9Cl2NOS. The Kier molecular flexibility index (Phi) is 4.32. The number of nitrogens with zero attached hydrogens (tertiary/aromatic N) is 1. The van der Waals surface area contributed by atoms with Crippen molar-refractivity contribution in [1.29, 1.82) is 0 Å². The maximum atomic E-state index is 5.92. The molecular weight excluding hydrogens is 229 g/mol. The highest BCUT2D eigenvalue weighted by atomic mass is 35.5. The van der Waals surface area contributed by atoms with Gasteiger partial charge in [0.15, 0.2) is 0 Å². The van der Waals surface area contributed by atoms with Gasteiger partial charge in [0, 0.05) is 18.0 Å². The molecule has 13 heavy (non-hydrogen) atoms. The molecule has 1 aromatic heterocycles. The van der Waals surface area contributed by atoms with Gasteiger partial charge in [0.1, 0.15) is 0 Å². The summed E-state index contributed by atoms with van der Waals surface area (Å²) < 4.78 is 4.94. The van der Waals surface area contributed by atoms with E-state index in [4.69, 9.17) is 27.4 Å². The van der Waals surface area contributed by atoms with E-state index in [9.17, 15) is 0 Å². The van der Waals surface area contributed by atoms with E-state index in [0.29, 0.717) is 10.0 Å². The monoisotopic (exact) mass is 237 g/mol. The zero-order chi connectivity index (χ0) is 9.84. The minimum Gasteiger partial charge on any atom is -0.310 e. The van der Waals surface area contributed by atoms with Gasteiger partial charge < -0.3 is 4.18 Å². The van der Waals surface area contributed by atoms with Crippen LogP contribution in [0.3, 0.4) is 0 Å². The van der Waals surface area contributed by atoms with Crippen molar-refractivity contribution in [2.75, 3.05) is 0 Å². The van der Waals surface area contributed by atoms with Crippen LogP contribution >= 0.6 is 36.1 Å². The lowest BCUT2D eigenvalue weighted by Crippen LogP contribution is -1.99. The topological polar surface area (TPSA) is 22.1 Å². The van der Waals surface area contributed by atoms with Gasteiger partial charge in [-0.1, -0.05) is 30.1 Å². The molecule has 1 atom stereocenters. The summed E-state index contributed by atoms with van der Waals surface area (Å²) in [4.78, 5) is 3.85. The van der Waals surface area contributed by atoms with Crippen LogP contribution in [0.15, 0.2) is 12.4 Å². The van der Waals surface area contributed by atoms with Crippen LogP contribution in [0.5, 0.6) is 0 Å².